The van der Waals surface area contributed by atoms with E-state index in [0.717, 1.165) is 12.8 Å². The summed E-state index contributed by atoms with van der Waals surface area (Å²) in [6.07, 6.45) is 7.73. The molecule has 1 aliphatic heterocycles. The number of nitrogens with one attached hydrogen (secondary N) is 1. The maximum Gasteiger partial charge on any atom is 0.253 e. The number of amides is 1. The molecule has 1 aliphatic rings. The highest BCUT2D eigenvalue weighted by atomic mass is 32.2. The topological polar surface area (TPSA) is 58.5 Å². The highest BCUT2D eigenvalue weighted by molar-refractivity contribution is 7.94. The van der Waals surface area contributed by atoms with Crippen LogP contribution in [-0.4, -0.2) is 34.7 Å². The molecule has 0 aromatic rings. The maximum absolute atomic E-state index is 12.0. The number of rotatable bonds is 4. The average Bonchev–Trinajstić information content (AvgIpc) is 2.25. The Bertz CT molecular complexity index is 377. The molecule has 1 N–H and O–H groups in total. The molecular formula is C11H18N2O2S. The van der Waals surface area contributed by atoms with Gasteiger partial charge in [0.15, 0.2) is 0 Å². The zero-order valence-electron chi connectivity index (χ0n) is 9.41. The third-order valence-corrected chi connectivity index (χ3v) is 4.65. The number of carbonyl (C=O) groups excluding carboxylic acids is 1. The van der Waals surface area contributed by atoms with Crippen molar-refractivity contribution in [1.29, 1.82) is 0 Å². The Kier molecular flexibility index (Phi) is 5.50. The normalized spacial score (nSPS) is 18.7. The van der Waals surface area contributed by atoms with E-state index in [1.807, 2.05) is 0 Å². The second-order valence-corrected chi connectivity index (χ2v) is 6.37. The van der Waals surface area contributed by atoms with Gasteiger partial charge < -0.3 is 5.32 Å². The van der Waals surface area contributed by atoms with Crippen molar-refractivity contribution in [3.05, 3.63) is 0 Å². The van der Waals surface area contributed by atoms with Gasteiger partial charge in [0.1, 0.15) is 0 Å². The first-order chi connectivity index (χ1) is 7.66. The van der Waals surface area contributed by atoms with Crippen LogP contribution in [0.1, 0.15) is 25.7 Å². The van der Waals surface area contributed by atoms with Crippen LogP contribution in [0.4, 0.5) is 0 Å². The molecule has 0 atom stereocenters. The first-order valence-corrected chi connectivity index (χ1v) is 7.41. The summed E-state index contributed by atoms with van der Waals surface area (Å²) >= 11 is 0. The summed E-state index contributed by atoms with van der Waals surface area (Å²) in [6, 6.07) is 0. The Labute approximate surface area is 97.4 Å². The lowest BCUT2D eigenvalue weighted by Gasteiger charge is -2.15. The van der Waals surface area contributed by atoms with Crippen molar-refractivity contribution in [3.63, 3.8) is 0 Å². The van der Waals surface area contributed by atoms with Crippen LogP contribution in [0.15, 0.2) is 4.36 Å². The van der Waals surface area contributed by atoms with Crippen LogP contribution in [-0.2, 0) is 14.5 Å². The molecule has 0 aromatic heterocycles. The van der Waals surface area contributed by atoms with Crippen LogP contribution in [0.5, 0.6) is 0 Å². The lowest BCUT2D eigenvalue weighted by molar-refractivity contribution is -0.117. The predicted molar refractivity (Wildman–Crippen MR) is 65.5 cm³/mol. The lowest BCUT2D eigenvalue weighted by Crippen LogP contribution is -2.36. The fraction of sp³-hybridized carbons (Fsp3) is 0.727. The number of hydrogen-bond donors (Lipinski definition) is 1. The molecule has 4 nitrogen and oxygen atoms in total. The Morgan fingerprint density at radius 1 is 1.38 bits per heavy atom. The van der Waals surface area contributed by atoms with Gasteiger partial charge in [-0.3, -0.25) is 4.79 Å². The fourth-order valence-corrected chi connectivity index (χ4v) is 3.29. The Balaban J connectivity index is 2.40. The van der Waals surface area contributed by atoms with Crippen LogP contribution in [0.2, 0.25) is 0 Å². The number of carbonyl (C=O) groups is 1. The molecule has 1 saturated heterocycles. The zero-order valence-corrected chi connectivity index (χ0v) is 10.2. The number of hydrogen-bond acceptors (Lipinski definition) is 3. The van der Waals surface area contributed by atoms with Gasteiger partial charge in [-0.15, -0.1) is 12.3 Å². The molecule has 1 heterocycles. The molecule has 0 saturated carbocycles. The van der Waals surface area contributed by atoms with Crippen LogP contribution in [0, 0.1) is 12.3 Å². The number of nitrogens with zero attached hydrogens (tertiary/aromatic N) is 1. The molecular weight excluding hydrogens is 224 g/mol. The van der Waals surface area contributed by atoms with Crippen LogP contribution < -0.4 is 5.32 Å². The third-order valence-electron chi connectivity index (χ3n) is 2.43. The van der Waals surface area contributed by atoms with Gasteiger partial charge in [0.2, 0.25) is 0 Å². The lowest BCUT2D eigenvalue weighted by atomic mass is 10.2. The first kappa shape index (κ1) is 13.2. The van der Waals surface area contributed by atoms with Gasteiger partial charge in [-0.05, 0) is 12.8 Å². The van der Waals surface area contributed by atoms with Crippen molar-refractivity contribution < 1.29 is 9.00 Å². The standard InChI is InChI=1S/C11H18N2O2S/c1-2-3-4-5-6-11(14)13-16(15)9-7-12-8-10-16/h1,12H,3-10H2. The van der Waals surface area contributed by atoms with E-state index >= 15 is 0 Å². The van der Waals surface area contributed by atoms with Gasteiger partial charge in [0.25, 0.3) is 5.91 Å². The van der Waals surface area contributed by atoms with E-state index in [-0.39, 0.29) is 5.91 Å². The summed E-state index contributed by atoms with van der Waals surface area (Å²) in [5.41, 5.74) is 0. The SMILES string of the molecule is C#CCCCCC(=O)N=S1(=O)CCNCC1. The van der Waals surface area contributed by atoms with E-state index in [1.54, 1.807) is 0 Å². The van der Waals surface area contributed by atoms with Crippen molar-refractivity contribution in [2.24, 2.45) is 4.36 Å². The van der Waals surface area contributed by atoms with Gasteiger partial charge >= 0.3 is 0 Å². The smallest absolute Gasteiger partial charge is 0.253 e. The van der Waals surface area contributed by atoms with E-state index in [4.69, 9.17) is 6.42 Å². The summed E-state index contributed by atoms with van der Waals surface area (Å²) in [5, 5.41) is 3.10. The van der Waals surface area contributed by atoms with Gasteiger partial charge in [0, 0.05) is 37.4 Å². The summed E-state index contributed by atoms with van der Waals surface area (Å²) in [4.78, 5) is 11.5. The second-order valence-electron chi connectivity index (χ2n) is 3.83. The Morgan fingerprint density at radius 2 is 2.06 bits per heavy atom. The summed E-state index contributed by atoms with van der Waals surface area (Å²) in [6.45, 7) is 1.37. The van der Waals surface area contributed by atoms with Crippen molar-refractivity contribution in [3.8, 4) is 12.3 Å². The Hall–Kier alpha value is -0.860. The molecule has 1 amide bonds. The first-order valence-electron chi connectivity index (χ1n) is 5.56. The van der Waals surface area contributed by atoms with Gasteiger partial charge in [-0.2, -0.15) is 4.36 Å². The molecule has 0 unspecified atom stereocenters. The van der Waals surface area contributed by atoms with Gasteiger partial charge in [0.05, 0.1) is 9.73 Å². The molecule has 0 radical (unpaired) electrons. The van der Waals surface area contributed by atoms with E-state index in [0.29, 0.717) is 37.4 Å². The summed E-state index contributed by atoms with van der Waals surface area (Å²) in [5.74, 6) is 3.27. The van der Waals surface area contributed by atoms with Gasteiger partial charge in [-0.1, -0.05) is 0 Å². The molecule has 0 aliphatic carbocycles. The van der Waals surface area contributed by atoms with Crippen molar-refractivity contribution in [1.82, 2.24) is 5.32 Å². The van der Waals surface area contributed by atoms with Crippen molar-refractivity contribution in [2.75, 3.05) is 24.6 Å². The third kappa shape index (κ3) is 4.77. The van der Waals surface area contributed by atoms with Crippen molar-refractivity contribution >= 4 is 15.6 Å². The van der Waals surface area contributed by atoms with Crippen molar-refractivity contribution in [2.45, 2.75) is 25.7 Å². The molecule has 0 spiro atoms. The maximum atomic E-state index is 12.0. The monoisotopic (exact) mass is 242 g/mol. The van der Waals surface area contributed by atoms with Crippen LogP contribution >= 0.6 is 0 Å². The highest BCUT2D eigenvalue weighted by Gasteiger charge is 2.15. The molecule has 1 fully saturated rings. The second kappa shape index (κ2) is 6.66. The van der Waals surface area contributed by atoms with E-state index < -0.39 is 9.73 Å². The highest BCUT2D eigenvalue weighted by Crippen LogP contribution is 2.05. The molecule has 16 heavy (non-hydrogen) atoms. The largest absolute Gasteiger partial charge is 0.315 e. The van der Waals surface area contributed by atoms with Crippen LogP contribution in [0.25, 0.3) is 0 Å². The minimum Gasteiger partial charge on any atom is -0.315 e. The predicted octanol–water partition coefficient (Wildman–Crippen LogP) is 0.778. The fourth-order valence-electron chi connectivity index (χ4n) is 1.52. The molecule has 0 bridgehead atoms. The number of terminal acetylenes is 1. The molecule has 0 aromatic carbocycles. The minimum atomic E-state index is -2.26. The summed E-state index contributed by atoms with van der Waals surface area (Å²) in [7, 11) is -2.26. The van der Waals surface area contributed by atoms with Gasteiger partial charge in [-0.25, -0.2) is 4.21 Å². The van der Waals surface area contributed by atoms with E-state index in [1.165, 1.54) is 0 Å². The van der Waals surface area contributed by atoms with Crippen LogP contribution in [0.3, 0.4) is 0 Å². The summed E-state index contributed by atoms with van der Waals surface area (Å²) < 4.78 is 15.9. The molecule has 5 heteroatoms. The quantitative estimate of drug-likeness (QED) is 0.585. The van der Waals surface area contributed by atoms with E-state index in [9.17, 15) is 9.00 Å². The average molecular weight is 242 g/mol. The Morgan fingerprint density at radius 3 is 2.69 bits per heavy atom. The minimum absolute atomic E-state index is 0.232. The number of unbranched alkanes of at least 4 members (excludes halogenated alkanes) is 2. The zero-order chi connectivity index (χ0) is 11.9. The molecule has 90 valence electrons. The molecule has 1 rings (SSSR count). The van der Waals surface area contributed by atoms with E-state index in [2.05, 4.69) is 15.6 Å².